The summed E-state index contributed by atoms with van der Waals surface area (Å²) in [6.07, 6.45) is 11.7. The Balaban J connectivity index is 2.27. The van der Waals surface area contributed by atoms with E-state index in [9.17, 15) is 0 Å². The fourth-order valence-electron chi connectivity index (χ4n) is 2.44. The summed E-state index contributed by atoms with van der Waals surface area (Å²) in [5.74, 6) is 0. The minimum Gasteiger partial charge on any atom is -0.307 e. The van der Waals surface area contributed by atoms with E-state index in [1.165, 1.54) is 31.2 Å². The summed E-state index contributed by atoms with van der Waals surface area (Å²) in [5, 5.41) is 3.68. The van der Waals surface area contributed by atoms with Crippen molar-refractivity contribution in [3.8, 4) is 0 Å². The van der Waals surface area contributed by atoms with E-state index in [1.54, 1.807) is 6.33 Å². The highest BCUT2D eigenvalue weighted by Crippen LogP contribution is 2.31. The molecule has 15 heavy (non-hydrogen) atoms. The third-order valence-electron chi connectivity index (χ3n) is 3.46. The molecule has 0 aliphatic carbocycles. The van der Waals surface area contributed by atoms with Crippen LogP contribution in [0.3, 0.4) is 0 Å². The summed E-state index contributed by atoms with van der Waals surface area (Å²) >= 11 is 0. The Morgan fingerprint density at radius 3 is 2.80 bits per heavy atom. The van der Waals surface area contributed by atoms with Crippen LogP contribution in [0.5, 0.6) is 0 Å². The summed E-state index contributed by atoms with van der Waals surface area (Å²) in [7, 11) is 0. The maximum atomic E-state index is 4.13. The molecule has 0 saturated carbocycles. The molecule has 82 valence electrons. The summed E-state index contributed by atoms with van der Waals surface area (Å²) in [6.45, 7) is 3.36. The van der Waals surface area contributed by atoms with Crippen LogP contribution in [-0.2, 0) is 5.54 Å². The standard InChI is InChI=1S/C12H19N3/c1-2-12(6-4-3-5-7-15-12)11-8-13-10-14-9-11/h8-10,15H,2-7H2,1H3. The van der Waals surface area contributed by atoms with Crippen molar-refractivity contribution < 1.29 is 0 Å². The Morgan fingerprint density at radius 1 is 1.27 bits per heavy atom. The van der Waals surface area contributed by atoms with Gasteiger partial charge in [0.2, 0.25) is 0 Å². The highest BCUT2D eigenvalue weighted by Gasteiger charge is 2.30. The van der Waals surface area contributed by atoms with E-state index >= 15 is 0 Å². The molecule has 3 heteroatoms. The van der Waals surface area contributed by atoms with Gasteiger partial charge in [0.05, 0.1) is 0 Å². The smallest absolute Gasteiger partial charge is 0.115 e. The predicted molar refractivity (Wildman–Crippen MR) is 60.5 cm³/mol. The van der Waals surface area contributed by atoms with Gasteiger partial charge >= 0.3 is 0 Å². The molecular weight excluding hydrogens is 186 g/mol. The molecule has 1 unspecified atom stereocenters. The second kappa shape index (κ2) is 4.71. The van der Waals surface area contributed by atoms with Crippen molar-refractivity contribution in [2.24, 2.45) is 0 Å². The molecule has 1 aromatic heterocycles. The topological polar surface area (TPSA) is 37.8 Å². The van der Waals surface area contributed by atoms with Crippen LogP contribution in [0, 0.1) is 0 Å². The first-order chi connectivity index (χ1) is 7.37. The van der Waals surface area contributed by atoms with Gasteiger partial charge in [0.15, 0.2) is 0 Å². The van der Waals surface area contributed by atoms with Gasteiger partial charge < -0.3 is 5.32 Å². The van der Waals surface area contributed by atoms with Crippen molar-refractivity contribution in [1.29, 1.82) is 0 Å². The average Bonchev–Trinajstić information content (AvgIpc) is 2.56. The Bertz CT molecular complexity index is 289. The van der Waals surface area contributed by atoms with Gasteiger partial charge in [-0.2, -0.15) is 0 Å². The molecule has 0 spiro atoms. The van der Waals surface area contributed by atoms with Crippen LogP contribution in [0.4, 0.5) is 0 Å². The van der Waals surface area contributed by atoms with Crippen LogP contribution in [0.2, 0.25) is 0 Å². The molecule has 1 aliphatic rings. The van der Waals surface area contributed by atoms with E-state index in [0.29, 0.717) is 0 Å². The number of hydrogen-bond donors (Lipinski definition) is 1. The fourth-order valence-corrected chi connectivity index (χ4v) is 2.44. The van der Waals surface area contributed by atoms with Crippen molar-refractivity contribution in [3.05, 3.63) is 24.3 Å². The van der Waals surface area contributed by atoms with Gasteiger partial charge in [0.1, 0.15) is 6.33 Å². The zero-order valence-corrected chi connectivity index (χ0v) is 9.37. The van der Waals surface area contributed by atoms with E-state index in [4.69, 9.17) is 0 Å². The predicted octanol–water partition coefficient (Wildman–Crippen LogP) is 2.25. The second-order valence-electron chi connectivity index (χ2n) is 4.30. The third kappa shape index (κ3) is 2.17. The van der Waals surface area contributed by atoms with Crippen molar-refractivity contribution in [2.45, 2.75) is 44.6 Å². The Labute approximate surface area is 91.3 Å². The van der Waals surface area contributed by atoms with E-state index < -0.39 is 0 Å². The number of nitrogens with zero attached hydrogens (tertiary/aromatic N) is 2. The van der Waals surface area contributed by atoms with Gasteiger partial charge in [-0.3, -0.25) is 0 Å². The summed E-state index contributed by atoms with van der Waals surface area (Å²) in [5.41, 5.74) is 1.37. The van der Waals surface area contributed by atoms with E-state index in [0.717, 1.165) is 13.0 Å². The lowest BCUT2D eigenvalue weighted by Gasteiger charge is -2.32. The molecule has 0 amide bonds. The zero-order valence-electron chi connectivity index (χ0n) is 9.37. The Hall–Kier alpha value is -0.960. The molecule has 1 saturated heterocycles. The third-order valence-corrected chi connectivity index (χ3v) is 3.46. The fraction of sp³-hybridized carbons (Fsp3) is 0.667. The second-order valence-corrected chi connectivity index (χ2v) is 4.30. The maximum Gasteiger partial charge on any atom is 0.115 e. The van der Waals surface area contributed by atoms with E-state index in [1.807, 2.05) is 12.4 Å². The first-order valence-electron chi connectivity index (χ1n) is 5.88. The van der Waals surface area contributed by atoms with Gasteiger partial charge in [-0.25, -0.2) is 9.97 Å². The minimum absolute atomic E-state index is 0.123. The molecule has 1 aromatic rings. The summed E-state index contributed by atoms with van der Waals surface area (Å²) < 4.78 is 0. The van der Waals surface area contributed by atoms with E-state index in [-0.39, 0.29) is 5.54 Å². The van der Waals surface area contributed by atoms with Crippen molar-refractivity contribution in [3.63, 3.8) is 0 Å². The molecule has 1 N–H and O–H groups in total. The lowest BCUT2D eigenvalue weighted by atomic mass is 9.85. The largest absolute Gasteiger partial charge is 0.307 e. The lowest BCUT2D eigenvalue weighted by molar-refractivity contribution is 0.310. The molecular formula is C12H19N3. The van der Waals surface area contributed by atoms with Crippen molar-refractivity contribution in [1.82, 2.24) is 15.3 Å². The van der Waals surface area contributed by atoms with Crippen LogP contribution in [0.25, 0.3) is 0 Å². The van der Waals surface area contributed by atoms with Crippen LogP contribution in [0.15, 0.2) is 18.7 Å². The molecule has 2 rings (SSSR count). The monoisotopic (exact) mass is 205 g/mol. The van der Waals surface area contributed by atoms with Crippen LogP contribution in [-0.4, -0.2) is 16.5 Å². The lowest BCUT2D eigenvalue weighted by Crippen LogP contribution is -2.41. The molecule has 1 atom stereocenters. The normalized spacial score (nSPS) is 27.3. The van der Waals surface area contributed by atoms with Gasteiger partial charge in [-0.1, -0.05) is 19.8 Å². The summed E-state index contributed by atoms with van der Waals surface area (Å²) in [4.78, 5) is 8.26. The van der Waals surface area contributed by atoms with Crippen molar-refractivity contribution >= 4 is 0 Å². The van der Waals surface area contributed by atoms with Gasteiger partial charge in [0, 0.05) is 23.5 Å². The molecule has 0 radical (unpaired) electrons. The Morgan fingerprint density at radius 2 is 2.07 bits per heavy atom. The van der Waals surface area contributed by atoms with Gasteiger partial charge in [-0.05, 0) is 25.8 Å². The SMILES string of the molecule is CCC1(c2cncnc2)CCCCCN1. The van der Waals surface area contributed by atoms with Gasteiger partial charge in [0.25, 0.3) is 0 Å². The molecule has 1 aliphatic heterocycles. The van der Waals surface area contributed by atoms with Crippen molar-refractivity contribution in [2.75, 3.05) is 6.54 Å². The number of nitrogens with one attached hydrogen (secondary N) is 1. The number of rotatable bonds is 2. The maximum absolute atomic E-state index is 4.13. The van der Waals surface area contributed by atoms with Crippen LogP contribution in [0.1, 0.15) is 44.6 Å². The first kappa shape index (κ1) is 10.6. The average molecular weight is 205 g/mol. The van der Waals surface area contributed by atoms with Crippen LogP contribution < -0.4 is 5.32 Å². The molecule has 3 nitrogen and oxygen atoms in total. The first-order valence-corrected chi connectivity index (χ1v) is 5.88. The Kier molecular flexibility index (Phi) is 3.31. The molecule has 2 heterocycles. The van der Waals surface area contributed by atoms with E-state index in [2.05, 4.69) is 22.2 Å². The van der Waals surface area contributed by atoms with Gasteiger partial charge in [-0.15, -0.1) is 0 Å². The number of hydrogen-bond acceptors (Lipinski definition) is 3. The highest BCUT2D eigenvalue weighted by atomic mass is 15.0. The quantitative estimate of drug-likeness (QED) is 0.804. The zero-order chi connectivity index (χ0) is 10.6. The molecule has 0 aromatic carbocycles. The minimum atomic E-state index is 0.123. The number of aromatic nitrogens is 2. The summed E-state index contributed by atoms with van der Waals surface area (Å²) in [6, 6.07) is 0. The van der Waals surface area contributed by atoms with Crippen LogP contribution >= 0.6 is 0 Å². The highest BCUT2D eigenvalue weighted by molar-refractivity contribution is 5.17. The molecule has 0 bridgehead atoms. The molecule has 1 fully saturated rings.